The molecule has 0 atom stereocenters. The van der Waals surface area contributed by atoms with Gasteiger partial charge in [-0.3, -0.25) is 14.2 Å². The molecule has 25 heavy (non-hydrogen) atoms. The molecule has 1 heterocycles. The molecule has 3 aromatic rings. The van der Waals surface area contributed by atoms with Gasteiger partial charge < -0.3 is 10.1 Å². The Hall–Kier alpha value is -3.34. The van der Waals surface area contributed by atoms with E-state index in [1.807, 2.05) is 30.3 Å². The summed E-state index contributed by atoms with van der Waals surface area (Å²) in [5.41, 5.74) is 3.08. The number of anilines is 1. The van der Waals surface area contributed by atoms with Crippen LogP contribution in [0.5, 0.6) is 5.75 Å². The van der Waals surface area contributed by atoms with Gasteiger partial charge in [0.05, 0.1) is 12.8 Å². The van der Waals surface area contributed by atoms with Crippen LogP contribution in [0.25, 0.3) is 16.8 Å². The van der Waals surface area contributed by atoms with E-state index in [2.05, 4.69) is 5.32 Å². The zero-order valence-electron chi connectivity index (χ0n) is 14.0. The molecule has 0 aliphatic carbocycles. The minimum atomic E-state index is -0.156. The minimum Gasteiger partial charge on any atom is -0.497 e. The first-order valence-electron chi connectivity index (χ1n) is 7.82. The molecule has 1 aromatic heterocycles. The van der Waals surface area contributed by atoms with Crippen LogP contribution in [0.3, 0.4) is 0 Å². The smallest absolute Gasteiger partial charge is 0.255 e. The maximum Gasteiger partial charge on any atom is 0.255 e. The number of pyridine rings is 1. The van der Waals surface area contributed by atoms with Gasteiger partial charge in [0.1, 0.15) is 5.75 Å². The third kappa shape index (κ3) is 3.77. The van der Waals surface area contributed by atoms with Crippen LogP contribution in [-0.2, 0) is 4.79 Å². The SMILES string of the molecule is COc1ccc(-c2ccc(=O)n(-c3cccc(NC(C)=O)c3)c2)cc1. The second kappa shape index (κ2) is 7.05. The summed E-state index contributed by atoms with van der Waals surface area (Å²) in [7, 11) is 1.62. The van der Waals surface area contributed by atoms with E-state index in [9.17, 15) is 9.59 Å². The van der Waals surface area contributed by atoms with Crippen molar-refractivity contribution < 1.29 is 9.53 Å². The van der Waals surface area contributed by atoms with Crippen molar-refractivity contribution in [2.45, 2.75) is 6.92 Å². The van der Waals surface area contributed by atoms with Gasteiger partial charge in [0.15, 0.2) is 0 Å². The predicted octanol–water partition coefficient (Wildman–Crippen LogP) is 3.47. The van der Waals surface area contributed by atoms with Gasteiger partial charge in [0.25, 0.3) is 5.56 Å². The molecule has 0 radical (unpaired) electrons. The maximum absolute atomic E-state index is 12.3. The van der Waals surface area contributed by atoms with Crippen LogP contribution in [0, 0.1) is 0 Å². The van der Waals surface area contributed by atoms with E-state index in [1.165, 1.54) is 13.0 Å². The number of rotatable bonds is 4. The van der Waals surface area contributed by atoms with Gasteiger partial charge in [-0.25, -0.2) is 0 Å². The summed E-state index contributed by atoms with van der Waals surface area (Å²) in [4.78, 5) is 23.5. The van der Waals surface area contributed by atoms with Crippen LogP contribution in [0.4, 0.5) is 5.69 Å². The van der Waals surface area contributed by atoms with E-state index >= 15 is 0 Å². The molecule has 1 N–H and O–H groups in total. The van der Waals surface area contributed by atoms with Crippen LogP contribution in [0.15, 0.2) is 71.7 Å². The van der Waals surface area contributed by atoms with Gasteiger partial charge in [-0.1, -0.05) is 18.2 Å². The fourth-order valence-corrected chi connectivity index (χ4v) is 2.58. The Morgan fingerprint density at radius 2 is 1.72 bits per heavy atom. The summed E-state index contributed by atoms with van der Waals surface area (Å²) in [6.45, 7) is 1.45. The Bertz CT molecular complexity index is 959. The van der Waals surface area contributed by atoms with E-state index in [4.69, 9.17) is 4.74 Å². The third-order valence-electron chi connectivity index (χ3n) is 3.78. The highest BCUT2D eigenvalue weighted by molar-refractivity contribution is 5.88. The molecular formula is C20H18N2O3. The molecule has 1 amide bonds. The fourth-order valence-electron chi connectivity index (χ4n) is 2.58. The largest absolute Gasteiger partial charge is 0.497 e. The molecule has 2 aromatic carbocycles. The fraction of sp³-hybridized carbons (Fsp3) is 0.100. The van der Waals surface area contributed by atoms with Gasteiger partial charge in [-0.2, -0.15) is 0 Å². The van der Waals surface area contributed by atoms with Crippen molar-refractivity contribution in [2.24, 2.45) is 0 Å². The average Bonchev–Trinajstić information content (AvgIpc) is 2.62. The van der Waals surface area contributed by atoms with E-state index in [-0.39, 0.29) is 11.5 Å². The molecule has 0 aliphatic rings. The zero-order chi connectivity index (χ0) is 17.8. The normalized spacial score (nSPS) is 10.3. The molecule has 0 saturated carbocycles. The summed E-state index contributed by atoms with van der Waals surface area (Å²) in [6, 6.07) is 18.1. The highest BCUT2D eigenvalue weighted by Gasteiger charge is 2.05. The van der Waals surface area contributed by atoms with Crippen molar-refractivity contribution in [2.75, 3.05) is 12.4 Å². The van der Waals surface area contributed by atoms with Gasteiger partial charge in [-0.15, -0.1) is 0 Å². The van der Waals surface area contributed by atoms with Crippen LogP contribution < -0.4 is 15.6 Å². The van der Waals surface area contributed by atoms with Crippen molar-refractivity contribution in [1.82, 2.24) is 4.57 Å². The van der Waals surface area contributed by atoms with Crippen molar-refractivity contribution in [3.05, 3.63) is 77.2 Å². The maximum atomic E-state index is 12.3. The Kier molecular flexibility index (Phi) is 4.66. The monoisotopic (exact) mass is 334 g/mol. The number of nitrogens with one attached hydrogen (secondary N) is 1. The summed E-state index contributed by atoms with van der Waals surface area (Å²) in [5.74, 6) is 0.622. The van der Waals surface area contributed by atoms with Crippen LogP contribution in [-0.4, -0.2) is 17.6 Å². The molecule has 126 valence electrons. The number of methoxy groups -OCH3 is 1. The number of carbonyl (C=O) groups excluding carboxylic acids is 1. The van der Waals surface area contributed by atoms with Gasteiger partial charge >= 0.3 is 0 Å². The number of carbonyl (C=O) groups is 1. The Morgan fingerprint density at radius 1 is 1.00 bits per heavy atom. The van der Waals surface area contributed by atoms with E-state index < -0.39 is 0 Å². The molecule has 0 bridgehead atoms. The Balaban J connectivity index is 2.02. The lowest BCUT2D eigenvalue weighted by molar-refractivity contribution is -0.114. The average molecular weight is 334 g/mol. The first-order chi connectivity index (χ1) is 12.1. The summed E-state index contributed by atoms with van der Waals surface area (Å²) >= 11 is 0. The highest BCUT2D eigenvalue weighted by atomic mass is 16.5. The third-order valence-corrected chi connectivity index (χ3v) is 3.78. The van der Waals surface area contributed by atoms with Gasteiger partial charge in [-0.05, 0) is 47.5 Å². The minimum absolute atomic E-state index is 0.141. The Labute approximate surface area is 145 Å². The number of nitrogens with zero attached hydrogens (tertiary/aromatic N) is 1. The number of hydrogen-bond acceptors (Lipinski definition) is 3. The van der Waals surface area contributed by atoms with Crippen molar-refractivity contribution >= 4 is 11.6 Å². The topological polar surface area (TPSA) is 60.3 Å². The zero-order valence-corrected chi connectivity index (χ0v) is 14.0. The van der Waals surface area contributed by atoms with Gasteiger partial charge in [0, 0.05) is 24.9 Å². The van der Waals surface area contributed by atoms with E-state index in [1.54, 1.807) is 42.1 Å². The van der Waals surface area contributed by atoms with Gasteiger partial charge in [0.2, 0.25) is 5.91 Å². The molecule has 0 aliphatic heterocycles. The molecule has 5 nitrogen and oxygen atoms in total. The second-order valence-corrected chi connectivity index (χ2v) is 5.59. The quantitative estimate of drug-likeness (QED) is 0.795. The molecular weight excluding hydrogens is 316 g/mol. The number of hydrogen-bond donors (Lipinski definition) is 1. The molecule has 0 unspecified atom stereocenters. The summed E-state index contributed by atoms with van der Waals surface area (Å²) in [5, 5.41) is 2.73. The second-order valence-electron chi connectivity index (χ2n) is 5.59. The molecule has 0 saturated heterocycles. The van der Waals surface area contributed by atoms with E-state index in [0.29, 0.717) is 11.4 Å². The van der Waals surface area contributed by atoms with Crippen LogP contribution >= 0.6 is 0 Å². The Morgan fingerprint density at radius 3 is 2.40 bits per heavy atom. The first-order valence-corrected chi connectivity index (χ1v) is 7.82. The molecule has 5 heteroatoms. The lowest BCUT2D eigenvalue weighted by Crippen LogP contribution is -2.16. The van der Waals surface area contributed by atoms with Crippen LogP contribution in [0.1, 0.15) is 6.92 Å². The molecule has 3 rings (SSSR count). The molecule has 0 spiro atoms. The lowest BCUT2D eigenvalue weighted by Gasteiger charge is -2.11. The number of benzene rings is 2. The molecule has 0 fully saturated rings. The van der Waals surface area contributed by atoms with E-state index in [0.717, 1.165) is 16.9 Å². The first kappa shape index (κ1) is 16.5. The standard InChI is InChI=1S/C20H18N2O3/c1-14(23)21-17-4-3-5-18(12-17)22-13-16(8-11-20(22)24)15-6-9-19(25-2)10-7-15/h3-13H,1-2H3,(H,21,23). The number of aromatic nitrogens is 1. The summed E-state index contributed by atoms with van der Waals surface area (Å²) in [6.07, 6.45) is 1.79. The van der Waals surface area contributed by atoms with Crippen molar-refractivity contribution in [1.29, 1.82) is 0 Å². The highest BCUT2D eigenvalue weighted by Crippen LogP contribution is 2.22. The predicted molar refractivity (Wildman–Crippen MR) is 98.3 cm³/mol. The lowest BCUT2D eigenvalue weighted by atomic mass is 10.1. The summed E-state index contributed by atoms with van der Waals surface area (Å²) < 4.78 is 6.73. The van der Waals surface area contributed by atoms with Crippen molar-refractivity contribution in [3.63, 3.8) is 0 Å². The number of ether oxygens (including phenoxy) is 1. The van der Waals surface area contributed by atoms with Crippen molar-refractivity contribution in [3.8, 4) is 22.6 Å². The van der Waals surface area contributed by atoms with Crippen LogP contribution in [0.2, 0.25) is 0 Å². The number of amides is 1.